The minimum atomic E-state index is 0.550. The molecule has 0 spiro atoms. The van der Waals surface area contributed by atoms with E-state index in [1.807, 2.05) is 60.7 Å². The van der Waals surface area contributed by atoms with Crippen molar-refractivity contribution in [2.45, 2.75) is 0 Å². The van der Waals surface area contributed by atoms with Crippen molar-refractivity contribution in [1.82, 2.24) is 9.97 Å². The summed E-state index contributed by atoms with van der Waals surface area (Å²) in [7, 11) is 0. The van der Waals surface area contributed by atoms with Crippen molar-refractivity contribution in [3.63, 3.8) is 0 Å². The second-order valence-corrected chi connectivity index (χ2v) is 4.64. The largest absolute Gasteiger partial charge is 0.324 e. The molecular formula is C16H12ClN3. The van der Waals surface area contributed by atoms with Gasteiger partial charge in [-0.1, -0.05) is 48.0 Å². The van der Waals surface area contributed by atoms with Crippen molar-refractivity contribution in [1.29, 1.82) is 0 Å². The van der Waals surface area contributed by atoms with Crippen molar-refractivity contribution in [2.75, 3.05) is 5.32 Å². The van der Waals surface area contributed by atoms with Gasteiger partial charge in [0.15, 0.2) is 0 Å². The Bertz CT molecular complexity index is 714. The number of nitrogens with one attached hydrogen (secondary N) is 1. The van der Waals surface area contributed by atoms with E-state index in [4.69, 9.17) is 11.6 Å². The predicted molar refractivity (Wildman–Crippen MR) is 82.2 cm³/mol. The molecule has 0 radical (unpaired) electrons. The van der Waals surface area contributed by atoms with Crippen LogP contribution < -0.4 is 5.32 Å². The predicted octanol–water partition coefficient (Wildman–Crippen LogP) is 4.54. The molecular weight excluding hydrogens is 270 g/mol. The van der Waals surface area contributed by atoms with Crippen LogP contribution in [0.1, 0.15) is 0 Å². The van der Waals surface area contributed by atoms with Gasteiger partial charge in [0, 0.05) is 22.5 Å². The molecule has 0 saturated carbocycles. The molecule has 0 saturated heterocycles. The molecule has 0 bridgehead atoms. The zero-order valence-corrected chi connectivity index (χ0v) is 11.4. The van der Waals surface area contributed by atoms with Crippen molar-refractivity contribution < 1.29 is 0 Å². The first-order chi connectivity index (χ1) is 9.83. The van der Waals surface area contributed by atoms with Gasteiger partial charge in [-0.3, -0.25) is 0 Å². The Labute approximate surface area is 122 Å². The maximum atomic E-state index is 6.19. The lowest BCUT2D eigenvalue weighted by molar-refractivity contribution is 1.17. The monoisotopic (exact) mass is 281 g/mol. The van der Waals surface area contributed by atoms with E-state index in [0.717, 1.165) is 16.9 Å². The highest BCUT2D eigenvalue weighted by Gasteiger charge is 2.05. The number of nitrogens with zero attached hydrogens (tertiary/aromatic N) is 2. The first-order valence-electron chi connectivity index (χ1n) is 6.23. The molecule has 1 N–H and O–H groups in total. The molecule has 0 atom stereocenters. The number of rotatable bonds is 3. The lowest BCUT2D eigenvalue weighted by Crippen LogP contribution is -1.97. The van der Waals surface area contributed by atoms with Crippen molar-refractivity contribution >= 4 is 23.2 Å². The molecule has 3 rings (SSSR count). The molecule has 0 aliphatic carbocycles. The highest BCUT2D eigenvalue weighted by Crippen LogP contribution is 2.26. The standard InChI is InChI=1S/C16H12ClN3/c17-14-9-5-4-8-13(14)15-10-11-18-16(20-15)19-12-6-2-1-3-7-12/h1-11H,(H,18,19,20). The minimum absolute atomic E-state index is 0.550. The molecule has 0 fully saturated rings. The number of aromatic nitrogens is 2. The lowest BCUT2D eigenvalue weighted by atomic mass is 10.1. The third-order valence-electron chi connectivity index (χ3n) is 2.84. The van der Waals surface area contributed by atoms with Crippen LogP contribution in [0.5, 0.6) is 0 Å². The molecule has 20 heavy (non-hydrogen) atoms. The Balaban J connectivity index is 1.92. The molecule has 0 aliphatic rings. The van der Waals surface area contributed by atoms with Crippen LogP contribution in [0, 0.1) is 0 Å². The van der Waals surface area contributed by atoms with E-state index in [1.165, 1.54) is 0 Å². The summed E-state index contributed by atoms with van der Waals surface area (Å²) in [4.78, 5) is 8.72. The van der Waals surface area contributed by atoms with E-state index >= 15 is 0 Å². The quantitative estimate of drug-likeness (QED) is 0.766. The van der Waals surface area contributed by atoms with Gasteiger partial charge in [-0.25, -0.2) is 9.97 Å². The van der Waals surface area contributed by atoms with Gasteiger partial charge in [0.25, 0.3) is 0 Å². The Kier molecular flexibility index (Phi) is 3.61. The SMILES string of the molecule is Clc1ccccc1-c1ccnc(Nc2ccccc2)n1. The van der Waals surface area contributed by atoms with Crippen molar-refractivity contribution in [2.24, 2.45) is 0 Å². The topological polar surface area (TPSA) is 37.8 Å². The van der Waals surface area contributed by atoms with Crippen LogP contribution in [0.3, 0.4) is 0 Å². The van der Waals surface area contributed by atoms with Gasteiger partial charge >= 0.3 is 0 Å². The van der Waals surface area contributed by atoms with Crippen LogP contribution in [0.4, 0.5) is 11.6 Å². The summed E-state index contributed by atoms with van der Waals surface area (Å²) >= 11 is 6.19. The third-order valence-corrected chi connectivity index (χ3v) is 3.16. The van der Waals surface area contributed by atoms with Crippen LogP contribution in [0.15, 0.2) is 66.9 Å². The maximum Gasteiger partial charge on any atom is 0.227 e. The van der Waals surface area contributed by atoms with Crippen LogP contribution in [0.2, 0.25) is 5.02 Å². The summed E-state index contributed by atoms with van der Waals surface area (Å²) in [5.41, 5.74) is 2.64. The van der Waals surface area contributed by atoms with E-state index in [-0.39, 0.29) is 0 Å². The van der Waals surface area contributed by atoms with Crippen LogP contribution in [-0.4, -0.2) is 9.97 Å². The molecule has 98 valence electrons. The lowest BCUT2D eigenvalue weighted by Gasteiger charge is -2.07. The second-order valence-electron chi connectivity index (χ2n) is 4.24. The summed E-state index contributed by atoms with van der Waals surface area (Å²) < 4.78 is 0. The fourth-order valence-electron chi connectivity index (χ4n) is 1.89. The van der Waals surface area contributed by atoms with Gasteiger partial charge in [-0.05, 0) is 24.3 Å². The first-order valence-corrected chi connectivity index (χ1v) is 6.61. The number of hydrogen-bond donors (Lipinski definition) is 1. The van der Waals surface area contributed by atoms with Crippen LogP contribution >= 0.6 is 11.6 Å². The zero-order chi connectivity index (χ0) is 13.8. The first kappa shape index (κ1) is 12.6. The summed E-state index contributed by atoms with van der Waals surface area (Å²) in [5.74, 6) is 0.550. The molecule has 0 unspecified atom stereocenters. The Morgan fingerprint density at radius 3 is 2.40 bits per heavy atom. The summed E-state index contributed by atoms with van der Waals surface area (Å²) in [6.07, 6.45) is 1.72. The van der Waals surface area contributed by atoms with E-state index in [1.54, 1.807) is 6.20 Å². The van der Waals surface area contributed by atoms with Crippen LogP contribution in [0.25, 0.3) is 11.3 Å². The summed E-state index contributed by atoms with van der Waals surface area (Å²) in [6, 6.07) is 19.3. The molecule has 0 amide bonds. The smallest absolute Gasteiger partial charge is 0.227 e. The number of anilines is 2. The number of para-hydroxylation sites is 1. The van der Waals surface area contributed by atoms with Crippen molar-refractivity contribution in [3.05, 3.63) is 71.9 Å². The Morgan fingerprint density at radius 2 is 1.60 bits per heavy atom. The highest BCUT2D eigenvalue weighted by molar-refractivity contribution is 6.33. The third kappa shape index (κ3) is 2.78. The van der Waals surface area contributed by atoms with E-state index in [9.17, 15) is 0 Å². The molecule has 1 aromatic heterocycles. The normalized spacial score (nSPS) is 10.2. The maximum absolute atomic E-state index is 6.19. The second kappa shape index (κ2) is 5.72. The van der Waals surface area contributed by atoms with Crippen molar-refractivity contribution in [3.8, 4) is 11.3 Å². The number of hydrogen-bond acceptors (Lipinski definition) is 3. The van der Waals surface area contributed by atoms with E-state index in [0.29, 0.717) is 11.0 Å². The van der Waals surface area contributed by atoms with Gasteiger partial charge in [-0.2, -0.15) is 0 Å². The molecule has 4 heteroatoms. The van der Waals surface area contributed by atoms with E-state index in [2.05, 4.69) is 15.3 Å². The van der Waals surface area contributed by atoms with Crippen LogP contribution in [-0.2, 0) is 0 Å². The van der Waals surface area contributed by atoms with Gasteiger partial charge in [0.05, 0.1) is 5.69 Å². The molecule has 2 aromatic carbocycles. The fraction of sp³-hybridized carbons (Fsp3) is 0. The molecule has 0 aliphatic heterocycles. The average molecular weight is 282 g/mol. The summed E-state index contributed by atoms with van der Waals surface area (Å²) in [6.45, 7) is 0. The molecule has 1 heterocycles. The van der Waals surface area contributed by atoms with Gasteiger partial charge in [0.2, 0.25) is 5.95 Å². The Morgan fingerprint density at radius 1 is 0.850 bits per heavy atom. The zero-order valence-electron chi connectivity index (χ0n) is 10.6. The highest BCUT2D eigenvalue weighted by atomic mass is 35.5. The van der Waals surface area contributed by atoms with Gasteiger partial charge in [-0.15, -0.1) is 0 Å². The fourth-order valence-corrected chi connectivity index (χ4v) is 2.12. The number of benzene rings is 2. The molecule has 3 nitrogen and oxygen atoms in total. The minimum Gasteiger partial charge on any atom is -0.324 e. The van der Waals surface area contributed by atoms with Gasteiger partial charge < -0.3 is 5.32 Å². The molecule has 3 aromatic rings. The van der Waals surface area contributed by atoms with E-state index < -0.39 is 0 Å². The summed E-state index contributed by atoms with van der Waals surface area (Å²) in [5, 5.41) is 3.85. The Hall–Kier alpha value is -2.39. The van der Waals surface area contributed by atoms with Gasteiger partial charge in [0.1, 0.15) is 0 Å². The average Bonchev–Trinajstić information content (AvgIpc) is 2.49. The number of halogens is 1.